The fraction of sp³-hybridized carbons (Fsp3) is 0.850. The van der Waals surface area contributed by atoms with Crippen LogP contribution in [0.3, 0.4) is 0 Å². The number of nitrogens with one attached hydrogen (secondary N) is 1. The molecule has 1 aliphatic rings. The van der Waals surface area contributed by atoms with Gasteiger partial charge in [-0.15, -0.1) is 0 Å². The number of hydrogen-bond donors (Lipinski definition) is 8. The van der Waals surface area contributed by atoms with Crippen molar-refractivity contribution in [2.75, 3.05) is 13.2 Å². The Labute approximate surface area is 434 Å². The second-order valence-electron chi connectivity index (χ2n) is 20.7. The summed E-state index contributed by atoms with van der Waals surface area (Å²) in [5, 5.41) is 76.1. The number of unbranched alkanes of at least 4 members (excludes halogenated alkanes) is 30. The normalized spacial score (nSPS) is 20.5. The van der Waals surface area contributed by atoms with Crippen molar-refractivity contribution >= 4 is 5.91 Å². The molecule has 0 bridgehead atoms. The number of carbonyl (C=O) groups is 1. The van der Waals surface area contributed by atoms with E-state index in [0.29, 0.717) is 19.3 Å². The van der Waals surface area contributed by atoms with E-state index in [1.807, 2.05) is 0 Å². The monoisotopic (exact) mass is 1010 g/mol. The van der Waals surface area contributed by atoms with Gasteiger partial charge in [-0.3, -0.25) is 4.79 Å². The molecule has 416 valence electrons. The molecule has 0 saturated carbocycles. The molecule has 1 aliphatic heterocycles. The summed E-state index contributed by atoms with van der Waals surface area (Å²) in [6, 6.07) is -1.20. The molecule has 1 amide bonds. The molecule has 0 radical (unpaired) electrons. The smallest absolute Gasteiger partial charge is 0.249 e. The molecular weight excluding hydrogens is 895 g/mol. The van der Waals surface area contributed by atoms with Gasteiger partial charge in [-0.1, -0.05) is 217 Å². The van der Waals surface area contributed by atoms with Gasteiger partial charge in [-0.25, -0.2) is 0 Å². The quantitative estimate of drug-likeness (QED) is 0.0215. The SMILES string of the molecule is CCCCCCCCCCCC/C=C/CC/C=C/CC/C=C/CCCC(O)C(O)C(COC1OC(CO)C(O)C(O)C1O)NC(=O)C(O)CCCCCCCC/C=C\CCCCCCCCCCCCC. The second-order valence-corrected chi connectivity index (χ2v) is 20.7. The average Bonchev–Trinajstić information content (AvgIpc) is 3.37. The van der Waals surface area contributed by atoms with Crippen LogP contribution in [0.1, 0.15) is 258 Å². The van der Waals surface area contributed by atoms with Gasteiger partial charge in [0.1, 0.15) is 36.6 Å². The third-order valence-electron chi connectivity index (χ3n) is 14.1. The average molecular weight is 1010 g/mol. The largest absolute Gasteiger partial charge is 0.394 e. The van der Waals surface area contributed by atoms with E-state index in [0.717, 1.165) is 64.2 Å². The lowest BCUT2D eigenvalue weighted by Gasteiger charge is -2.40. The molecule has 9 unspecified atom stereocenters. The Kier molecular flexibility index (Phi) is 46.3. The fourth-order valence-corrected chi connectivity index (χ4v) is 9.23. The summed E-state index contributed by atoms with van der Waals surface area (Å²) in [4.78, 5) is 13.2. The van der Waals surface area contributed by atoms with Crippen molar-refractivity contribution in [1.82, 2.24) is 5.32 Å². The predicted octanol–water partition coefficient (Wildman–Crippen LogP) is 12.5. The van der Waals surface area contributed by atoms with Gasteiger partial charge in [0.2, 0.25) is 5.91 Å². The molecule has 71 heavy (non-hydrogen) atoms. The van der Waals surface area contributed by atoms with Crippen LogP contribution in [0, 0.1) is 0 Å². The number of ether oxygens (including phenoxy) is 2. The van der Waals surface area contributed by atoms with Crippen LogP contribution in [-0.4, -0.2) is 110 Å². The van der Waals surface area contributed by atoms with Gasteiger partial charge >= 0.3 is 0 Å². The van der Waals surface area contributed by atoms with Crippen LogP contribution >= 0.6 is 0 Å². The zero-order valence-corrected chi connectivity index (χ0v) is 45.5. The van der Waals surface area contributed by atoms with Gasteiger partial charge < -0.3 is 50.5 Å². The van der Waals surface area contributed by atoms with Crippen LogP contribution in [0.15, 0.2) is 48.6 Å². The molecule has 9 atom stereocenters. The Morgan fingerprint density at radius 2 is 0.845 bits per heavy atom. The number of hydrogen-bond acceptors (Lipinski definition) is 10. The van der Waals surface area contributed by atoms with Crippen molar-refractivity contribution in [2.45, 2.75) is 313 Å². The Bertz CT molecular complexity index is 1290. The van der Waals surface area contributed by atoms with Gasteiger partial charge in [-0.05, 0) is 89.9 Å². The van der Waals surface area contributed by atoms with Crippen molar-refractivity contribution in [2.24, 2.45) is 0 Å². The predicted molar refractivity (Wildman–Crippen MR) is 293 cm³/mol. The Morgan fingerprint density at radius 1 is 0.479 bits per heavy atom. The Morgan fingerprint density at radius 3 is 1.25 bits per heavy atom. The summed E-state index contributed by atoms with van der Waals surface area (Å²) in [6.45, 7) is 3.45. The van der Waals surface area contributed by atoms with Crippen molar-refractivity contribution in [1.29, 1.82) is 0 Å². The number of carbonyl (C=O) groups excluding carboxylic acids is 1. The Balaban J connectivity index is 2.36. The van der Waals surface area contributed by atoms with Gasteiger partial charge in [0, 0.05) is 0 Å². The zero-order chi connectivity index (χ0) is 51.8. The molecule has 1 saturated heterocycles. The van der Waals surface area contributed by atoms with Crippen molar-refractivity contribution in [3.8, 4) is 0 Å². The first-order chi connectivity index (χ1) is 34.7. The highest BCUT2D eigenvalue weighted by Gasteiger charge is 2.44. The second kappa shape index (κ2) is 49.0. The maximum atomic E-state index is 13.2. The lowest BCUT2D eigenvalue weighted by Crippen LogP contribution is -2.60. The molecule has 11 heteroatoms. The van der Waals surface area contributed by atoms with Gasteiger partial charge in [-0.2, -0.15) is 0 Å². The number of aliphatic hydroxyl groups is 7. The summed E-state index contributed by atoms with van der Waals surface area (Å²) in [5.74, 6) is -0.716. The highest BCUT2D eigenvalue weighted by atomic mass is 16.7. The van der Waals surface area contributed by atoms with Gasteiger partial charge in [0.05, 0.1) is 25.4 Å². The van der Waals surface area contributed by atoms with E-state index in [2.05, 4.69) is 67.8 Å². The van der Waals surface area contributed by atoms with Crippen LogP contribution in [0.5, 0.6) is 0 Å². The van der Waals surface area contributed by atoms with Crippen LogP contribution in [0.2, 0.25) is 0 Å². The third-order valence-corrected chi connectivity index (χ3v) is 14.1. The molecule has 0 aromatic rings. The van der Waals surface area contributed by atoms with Crippen molar-refractivity contribution in [3.63, 3.8) is 0 Å². The molecular formula is C60H111NO10. The van der Waals surface area contributed by atoms with Crippen molar-refractivity contribution < 1.29 is 50.0 Å². The van der Waals surface area contributed by atoms with E-state index in [1.165, 1.54) is 148 Å². The first kappa shape index (κ1) is 67.1. The number of rotatable bonds is 50. The lowest BCUT2D eigenvalue weighted by atomic mass is 9.98. The maximum Gasteiger partial charge on any atom is 0.249 e. The van der Waals surface area contributed by atoms with Crippen LogP contribution in [0.4, 0.5) is 0 Å². The van der Waals surface area contributed by atoms with Crippen LogP contribution in [0.25, 0.3) is 0 Å². The lowest BCUT2D eigenvalue weighted by molar-refractivity contribution is -0.303. The van der Waals surface area contributed by atoms with Crippen LogP contribution in [-0.2, 0) is 14.3 Å². The molecule has 8 N–H and O–H groups in total. The fourth-order valence-electron chi connectivity index (χ4n) is 9.23. The number of allylic oxidation sites excluding steroid dienone is 8. The first-order valence-corrected chi connectivity index (χ1v) is 29.5. The zero-order valence-electron chi connectivity index (χ0n) is 45.5. The minimum Gasteiger partial charge on any atom is -0.394 e. The van der Waals surface area contributed by atoms with E-state index in [-0.39, 0.29) is 12.8 Å². The summed E-state index contributed by atoms with van der Waals surface area (Å²) < 4.78 is 11.1. The minimum atomic E-state index is -1.68. The molecule has 0 aromatic heterocycles. The van der Waals surface area contributed by atoms with Crippen LogP contribution < -0.4 is 5.32 Å². The highest BCUT2D eigenvalue weighted by molar-refractivity contribution is 5.80. The van der Waals surface area contributed by atoms with E-state index in [9.17, 15) is 40.5 Å². The van der Waals surface area contributed by atoms with E-state index < -0.39 is 74.2 Å². The summed E-state index contributed by atoms with van der Waals surface area (Å²) in [6.07, 6.45) is 50.2. The number of aliphatic hydroxyl groups excluding tert-OH is 7. The van der Waals surface area contributed by atoms with E-state index >= 15 is 0 Å². The Hall–Kier alpha value is -1.93. The topological polar surface area (TPSA) is 189 Å². The minimum absolute atomic E-state index is 0.239. The first-order valence-electron chi connectivity index (χ1n) is 29.5. The summed E-state index contributed by atoms with van der Waals surface area (Å²) in [5.41, 5.74) is 0. The molecule has 0 aromatic carbocycles. The molecule has 0 spiro atoms. The highest BCUT2D eigenvalue weighted by Crippen LogP contribution is 2.23. The summed E-state index contributed by atoms with van der Waals surface area (Å²) >= 11 is 0. The molecule has 1 fully saturated rings. The van der Waals surface area contributed by atoms with Gasteiger partial charge in [0.15, 0.2) is 6.29 Å². The third kappa shape index (κ3) is 37.5. The van der Waals surface area contributed by atoms with Crippen molar-refractivity contribution in [3.05, 3.63) is 48.6 Å². The van der Waals surface area contributed by atoms with Gasteiger partial charge in [0.25, 0.3) is 0 Å². The molecule has 1 rings (SSSR count). The van der Waals surface area contributed by atoms with E-state index in [1.54, 1.807) is 0 Å². The summed E-state index contributed by atoms with van der Waals surface area (Å²) in [7, 11) is 0. The molecule has 1 heterocycles. The standard InChI is InChI=1S/C60H111NO10/c1-3-5-7-9-11-13-15-17-19-21-23-25-26-28-29-31-33-35-37-39-41-43-45-47-52(63)55(65)51(50-70-60-58(68)57(67)56(66)54(49-62)71-60)61-59(69)53(64)48-46-44-42-40-38-36-34-32-30-27-24-22-20-18-16-14-12-10-8-6-4-2/h25-26,30-33,39,41,51-58,60,62-68H,3-24,27-29,34-38,40,42-50H2,1-2H3,(H,61,69)/b26-25+,32-30-,33-31+,41-39+. The van der Waals surface area contributed by atoms with E-state index in [4.69, 9.17) is 9.47 Å². The number of amides is 1. The maximum absolute atomic E-state index is 13.2. The molecule has 0 aliphatic carbocycles. The molecule has 11 nitrogen and oxygen atoms in total.